The molecule has 0 aliphatic rings. The van der Waals surface area contributed by atoms with Crippen molar-refractivity contribution in [2.75, 3.05) is 16.7 Å². The van der Waals surface area contributed by atoms with E-state index in [1.807, 2.05) is 0 Å². The number of carbonyl (C=O) groups is 1. The molecule has 31 heavy (non-hydrogen) atoms. The third-order valence-corrected chi connectivity index (χ3v) is 7.83. The number of nitrogens with one attached hydrogen (secondary N) is 1. The Morgan fingerprint density at radius 2 is 1.68 bits per heavy atom. The minimum atomic E-state index is -3.85. The Balaban J connectivity index is 1.60. The first kappa shape index (κ1) is 21.3. The predicted molar refractivity (Wildman–Crippen MR) is 123 cm³/mol. The lowest BCUT2D eigenvalue weighted by molar-refractivity contribution is 0.103. The van der Waals surface area contributed by atoms with Crippen molar-refractivity contribution in [3.8, 4) is 0 Å². The number of nitrogens with zero attached hydrogens (tertiary/aromatic N) is 1. The summed E-state index contributed by atoms with van der Waals surface area (Å²) in [5.74, 6) is -0.775. The average molecular weight is 475 g/mol. The Labute approximate surface area is 187 Å². The van der Waals surface area contributed by atoms with Crippen molar-refractivity contribution in [2.24, 2.45) is 0 Å². The van der Waals surface area contributed by atoms with Gasteiger partial charge in [-0.3, -0.25) is 9.10 Å². The zero-order valence-corrected chi connectivity index (χ0v) is 18.6. The Kier molecular flexibility index (Phi) is 5.70. The molecular formula is C22H16ClFN2O3S2. The number of anilines is 2. The number of thiophene rings is 1. The van der Waals surface area contributed by atoms with Gasteiger partial charge >= 0.3 is 0 Å². The minimum Gasteiger partial charge on any atom is -0.321 e. The van der Waals surface area contributed by atoms with Gasteiger partial charge in [-0.25, -0.2) is 12.8 Å². The van der Waals surface area contributed by atoms with E-state index < -0.39 is 15.8 Å². The summed E-state index contributed by atoms with van der Waals surface area (Å²) in [5, 5.41) is 4.13. The molecule has 1 heterocycles. The Morgan fingerprint density at radius 3 is 2.35 bits per heavy atom. The van der Waals surface area contributed by atoms with Gasteiger partial charge in [0, 0.05) is 22.5 Å². The summed E-state index contributed by atoms with van der Waals surface area (Å²) in [6, 6.07) is 18.3. The van der Waals surface area contributed by atoms with Gasteiger partial charge in [0.15, 0.2) is 0 Å². The highest BCUT2D eigenvalue weighted by Gasteiger charge is 2.22. The van der Waals surface area contributed by atoms with Crippen LogP contribution in [0.15, 0.2) is 77.7 Å². The van der Waals surface area contributed by atoms with Crippen LogP contribution in [0.2, 0.25) is 5.02 Å². The van der Waals surface area contributed by atoms with Crippen molar-refractivity contribution in [1.29, 1.82) is 0 Å². The summed E-state index contributed by atoms with van der Waals surface area (Å²) >= 11 is 7.17. The molecule has 9 heteroatoms. The SMILES string of the molecule is CN(c1ccc2sc(C(=O)Nc3ccc(Cl)cc3)cc2c1)S(=O)(=O)c1ccc(F)cc1. The van der Waals surface area contributed by atoms with Crippen molar-refractivity contribution in [1.82, 2.24) is 0 Å². The maximum absolute atomic E-state index is 13.2. The standard InChI is InChI=1S/C22H16ClFN2O3S2/c1-26(31(28,29)19-9-4-16(24)5-10-19)18-8-11-20-14(12-18)13-21(30-20)22(27)25-17-6-2-15(23)3-7-17/h2-13H,1H3,(H,25,27). The number of sulfonamides is 1. The smallest absolute Gasteiger partial charge is 0.265 e. The molecule has 0 unspecified atom stereocenters. The molecule has 0 aliphatic carbocycles. The third kappa shape index (κ3) is 4.41. The van der Waals surface area contributed by atoms with E-state index in [4.69, 9.17) is 11.6 Å². The van der Waals surface area contributed by atoms with Crippen LogP contribution in [0, 0.1) is 5.82 Å². The van der Waals surface area contributed by atoms with Crippen LogP contribution in [0.4, 0.5) is 15.8 Å². The zero-order valence-electron chi connectivity index (χ0n) is 16.2. The quantitative estimate of drug-likeness (QED) is 0.399. The second kappa shape index (κ2) is 8.30. The van der Waals surface area contributed by atoms with Gasteiger partial charge < -0.3 is 5.32 Å². The fraction of sp³-hybridized carbons (Fsp3) is 0.0455. The van der Waals surface area contributed by atoms with Gasteiger partial charge in [-0.1, -0.05) is 11.6 Å². The summed E-state index contributed by atoms with van der Waals surface area (Å²) in [6.07, 6.45) is 0. The van der Waals surface area contributed by atoms with Crippen molar-refractivity contribution >= 4 is 60.3 Å². The summed E-state index contributed by atoms with van der Waals surface area (Å²) in [5.41, 5.74) is 1.05. The summed E-state index contributed by atoms with van der Waals surface area (Å²) in [7, 11) is -2.42. The molecule has 5 nitrogen and oxygen atoms in total. The maximum atomic E-state index is 13.2. The summed E-state index contributed by atoms with van der Waals surface area (Å²) < 4.78 is 40.8. The van der Waals surface area contributed by atoms with E-state index in [9.17, 15) is 17.6 Å². The predicted octanol–water partition coefficient (Wildman–Crippen LogP) is 5.77. The van der Waals surface area contributed by atoms with E-state index in [1.54, 1.807) is 48.5 Å². The monoisotopic (exact) mass is 474 g/mol. The van der Waals surface area contributed by atoms with Crippen LogP contribution in [-0.4, -0.2) is 21.4 Å². The second-order valence-electron chi connectivity index (χ2n) is 6.72. The Morgan fingerprint density at radius 1 is 1.00 bits per heavy atom. The van der Waals surface area contributed by atoms with Crippen LogP contribution in [-0.2, 0) is 10.0 Å². The molecular weight excluding hydrogens is 459 g/mol. The van der Waals surface area contributed by atoms with E-state index in [0.717, 1.165) is 26.5 Å². The first-order chi connectivity index (χ1) is 14.7. The number of carbonyl (C=O) groups excluding carboxylic acids is 1. The van der Waals surface area contributed by atoms with E-state index in [1.165, 1.54) is 30.5 Å². The third-order valence-electron chi connectivity index (χ3n) is 4.66. The second-order valence-corrected chi connectivity index (χ2v) is 10.2. The molecule has 4 rings (SSSR count). The highest BCUT2D eigenvalue weighted by atomic mass is 35.5. The molecule has 0 spiro atoms. The number of hydrogen-bond donors (Lipinski definition) is 1. The Hall–Kier alpha value is -2.94. The van der Waals surface area contributed by atoms with Crippen molar-refractivity contribution < 1.29 is 17.6 Å². The van der Waals surface area contributed by atoms with Crippen molar-refractivity contribution in [3.63, 3.8) is 0 Å². The summed E-state index contributed by atoms with van der Waals surface area (Å²) in [4.78, 5) is 13.1. The molecule has 0 atom stereocenters. The van der Waals surface area contributed by atoms with Crippen molar-refractivity contribution in [3.05, 3.63) is 88.5 Å². The van der Waals surface area contributed by atoms with Crippen molar-refractivity contribution in [2.45, 2.75) is 4.90 Å². The van der Waals surface area contributed by atoms with Crippen LogP contribution >= 0.6 is 22.9 Å². The van der Waals surface area contributed by atoms with E-state index >= 15 is 0 Å². The van der Waals surface area contributed by atoms with E-state index in [2.05, 4.69) is 5.32 Å². The van der Waals surface area contributed by atoms with Gasteiger partial charge in [0.1, 0.15) is 5.82 Å². The number of hydrogen-bond acceptors (Lipinski definition) is 4. The molecule has 1 amide bonds. The highest BCUT2D eigenvalue weighted by Crippen LogP contribution is 2.31. The van der Waals surface area contributed by atoms with Crippen LogP contribution in [0.25, 0.3) is 10.1 Å². The van der Waals surface area contributed by atoms with Gasteiger partial charge in [0.2, 0.25) is 0 Å². The van der Waals surface area contributed by atoms with Gasteiger partial charge in [-0.2, -0.15) is 0 Å². The number of benzene rings is 3. The van der Waals surface area contributed by atoms with Crippen LogP contribution in [0.5, 0.6) is 0 Å². The highest BCUT2D eigenvalue weighted by molar-refractivity contribution is 7.92. The number of halogens is 2. The molecule has 1 N–H and O–H groups in total. The average Bonchev–Trinajstić information content (AvgIpc) is 3.18. The lowest BCUT2D eigenvalue weighted by atomic mass is 10.2. The van der Waals surface area contributed by atoms with E-state index in [0.29, 0.717) is 21.3 Å². The first-order valence-corrected chi connectivity index (χ1v) is 11.7. The maximum Gasteiger partial charge on any atom is 0.265 e. The molecule has 3 aromatic carbocycles. The number of amides is 1. The molecule has 0 aliphatic heterocycles. The molecule has 1 aromatic heterocycles. The molecule has 0 fully saturated rings. The largest absolute Gasteiger partial charge is 0.321 e. The number of rotatable bonds is 5. The molecule has 0 radical (unpaired) electrons. The minimum absolute atomic E-state index is 0.00940. The summed E-state index contributed by atoms with van der Waals surface area (Å²) in [6.45, 7) is 0. The lowest BCUT2D eigenvalue weighted by Gasteiger charge is -2.19. The lowest BCUT2D eigenvalue weighted by Crippen LogP contribution is -2.26. The van der Waals surface area contributed by atoms with Gasteiger partial charge in [0.25, 0.3) is 15.9 Å². The van der Waals surface area contributed by atoms with Gasteiger partial charge in [-0.05, 0) is 78.2 Å². The van der Waals surface area contributed by atoms with Crippen LogP contribution in [0.1, 0.15) is 9.67 Å². The topological polar surface area (TPSA) is 66.5 Å². The molecule has 0 saturated carbocycles. The van der Waals surface area contributed by atoms with Crippen LogP contribution in [0.3, 0.4) is 0 Å². The fourth-order valence-electron chi connectivity index (χ4n) is 2.97. The fourth-order valence-corrected chi connectivity index (χ4v) is 5.22. The van der Waals surface area contributed by atoms with E-state index in [-0.39, 0.29) is 10.8 Å². The molecule has 0 bridgehead atoms. The number of fused-ring (bicyclic) bond motifs is 1. The molecule has 4 aromatic rings. The van der Waals surface area contributed by atoms with Gasteiger partial charge in [0.05, 0.1) is 15.5 Å². The normalized spacial score (nSPS) is 11.5. The van der Waals surface area contributed by atoms with Crippen LogP contribution < -0.4 is 9.62 Å². The first-order valence-electron chi connectivity index (χ1n) is 9.09. The Bertz CT molecular complexity index is 1370. The molecule has 0 saturated heterocycles. The zero-order chi connectivity index (χ0) is 22.2. The molecule has 158 valence electrons. The van der Waals surface area contributed by atoms with Gasteiger partial charge in [-0.15, -0.1) is 11.3 Å².